The molecule has 0 aliphatic rings. The molecular formula is C17H10ClF7N4S. The van der Waals surface area contributed by atoms with Crippen molar-refractivity contribution in [2.75, 3.05) is 0 Å². The molecule has 30 heavy (non-hydrogen) atoms. The zero-order valence-electron chi connectivity index (χ0n) is 14.8. The van der Waals surface area contributed by atoms with Gasteiger partial charge in [-0.25, -0.2) is 14.1 Å². The summed E-state index contributed by atoms with van der Waals surface area (Å²) in [5.74, 6) is -2.99. The van der Waals surface area contributed by atoms with Crippen LogP contribution in [0.2, 0.25) is 0 Å². The Bertz CT molecular complexity index is 1050. The first-order chi connectivity index (χ1) is 13.9. The second-order valence-corrected chi connectivity index (χ2v) is 7.77. The van der Waals surface area contributed by atoms with Crippen molar-refractivity contribution in [3.63, 3.8) is 0 Å². The van der Waals surface area contributed by atoms with Crippen LogP contribution in [0.5, 0.6) is 0 Å². The molecule has 0 bridgehead atoms. The maximum absolute atomic E-state index is 14.6. The van der Waals surface area contributed by atoms with Crippen LogP contribution < -0.4 is 0 Å². The molecule has 3 aromatic rings. The molecule has 3 rings (SSSR count). The number of hydrogen-bond donors (Lipinski definition) is 0. The summed E-state index contributed by atoms with van der Waals surface area (Å²) in [7, 11) is 0. The molecule has 0 amide bonds. The smallest absolute Gasteiger partial charge is 0.253 e. The zero-order valence-corrected chi connectivity index (χ0v) is 16.3. The normalized spacial score (nSPS) is 13.5. The Labute approximate surface area is 174 Å². The number of thioether (sulfide) groups is 1. The predicted molar refractivity (Wildman–Crippen MR) is 95.8 cm³/mol. The topological polar surface area (TPSA) is 43.6 Å². The predicted octanol–water partition coefficient (Wildman–Crippen LogP) is 6.01. The van der Waals surface area contributed by atoms with E-state index in [-0.39, 0.29) is 27.9 Å². The van der Waals surface area contributed by atoms with E-state index in [2.05, 4.69) is 15.1 Å². The number of rotatable bonds is 4. The van der Waals surface area contributed by atoms with Crippen molar-refractivity contribution >= 4 is 23.4 Å². The Morgan fingerprint density at radius 2 is 1.80 bits per heavy atom. The number of aromatic nitrogens is 4. The van der Waals surface area contributed by atoms with Crippen LogP contribution in [0.3, 0.4) is 0 Å². The second-order valence-electron chi connectivity index (χ2n) is 5.93. The van der Waals surface area contributed by atoms with Gasteiger partial charge in [-0.15, -0.1) is 16.7 Å². The highest BCUT2D eigenvalue weighted by molar-refractivity contribution is 8.01. The van der Waals surface area contributed by atoms with E-state index in [1.807, 2.05) is 0 Å². The summed E-state index contributed by atoms with van der Waals surface area (Å²) in [6.07, 6.45) is -8.40. The summed E-state index contributed by atoms with van der Waals surface area (Å²) < 4.78 is 90.7. The summed E-state index contributed by atoms with van der Waals surface area (Å²) in [5.41, 5.74) is -0.454. The van der Waals surface area contributed by atoms with Crippen molar-refractivity contribution in [1.82, 2.24) is 19.7 Å². The average Bonchev–Trinajstić information content (AvgIpc) is 3.09. The van der Waals surface area contributed by atoms with Crippen LogP contribution in [0.25, 0.3) is 17.2 Å². The van der Waals surface area contributed by atoms with Crippen molar-refractivity contribution in [3.05, 3.63) is 53.7 Å². The van der Waals surface area contributed by atoms with E-state index in [0.29, 0.717) is 4.68 Å². The van der Waals surface area contributed by atoms with Gasteiger partial charge >= 0.3 is 12.4 Å². The van der Waals surface area contributed by atoms with Crippen LogP contribution in [0.15, 0.2) is 41.4 Å². The van der Waals surface area contributed by atoms with Gasteiger partial charge in [-0.2, -0.15) is 26.3 Å². The Morgan fingerprint density at radius 1 is 1.10 bits per heavy atom. The van der Waals surface area contributed by atoms with Crippen LogP contribution in [-0.4, -0.2) is 30.6 Å². The standard InChI is InChI=1S/C17H10ClF7N4S/c1-8-6-9(19)11(7-12(8)30-14(18)16(20,21)22)29-13(10-4-2-3-5-26-10)27-15(28-29)17(23,24)25/h2-7,14H,1H3. The van der Waals surface area contributed by atoms with Gasteiger partial charge in [-0.3, -0.25) is 4.98 Å². The van der Waals surface area contributed by atoms with Crippen molar-refractivity contribution < 1.29 is 30.7 Å². The number of halogens is 8. The first-order valence-electron chi connectivity index (χ1n) is 8.01. The van der Waals surface area contributed by atoms with E-state index in [0.717, 1.165) is 12.1 Å². The molecule has 0 aliphatic carbocycles. The van der Waals surface area contributed by atoms with Crippen molar-refractivity contribution in [1.29, 1.82) is 0 Å². The molecule has 0 saturated carbocycles. The van der Waals surface area contributed by atoms with Crippen molar-refractivity contribution in [2.45, 2.75) is 28.9 Å². The maximum atomic E-state index is 14.6. The fourth-order valence-electron chi connectivity index (χ4n) is 2.37. The lowest BCUT2D eigenvalue weighted by molar-refractivity contribution is -0.144. The number of nitrogens with zero attached hydrogens (tertiary/aromatic N) is 4. The van der Waals surface area contributed by atoms with Gasteiger partial charge in [0.05, 0.1) is 0 Å². The third-order valence-corrected chi connectivity index (χ3v) is 5.40. The fraction of sp³-hybridized carbons (Fsp3) is 0.235. The minimum Gasteiger partial charge on any atom is -0.253 e. The lowest BCUT2D eigenvalue weighted by Gasteiger charge is -2.16. The van der Waals surface area contributed by atoms with Gasteiger partial charge in [0.25, 0.3) is 5.82 Å². The summed E-state index contributed by atoms with van der Waals surface area (Å²) in [6, 6.07) is 6.14. The molecule has 13 heteroatoms. The van der Waals surface area contributed by atoms with Gasteiger partial charge in [0, 0.05) is 11.1 Å². The third kappa shape index (κ3) is 4.69. The number of pyridine rings is 1. The van der Waals surface area contributed by atoms with Crippen molar-refractivity contribution in [2.24, 2.45) is 0 Å². The zero-order chi connectivity index (χ0) is 22.3. The molecule has 0 saturated heterocycles. The summed E-state index contributed by atoms with van der Waals surface area (Å²) in [6.45, 7) is 1.34. The Morgan fingerprint density at radius 3 is 2.37 bits per heavy atom. The lowest BCUT2D eigenvalue weighted by atomic mass is 10.2. The molecule has 0 spiro atoms. The van der Waals surface area contributed by atoms with E-state index in [9.17, 15) is 30.7 Å². The number of aryl methyl sites for hydroxylation is 1. The number of benzene rings is 1. The molecule has 2 aromatic heterocycles. The van der Waals surface area contributed by atoms with Crippen LogP contribution in [0.1, 0.15) is 11.4 Å². The first-order valence-corrected chi connectivity index (χ1v) is 9.33. The van der Waals surface area contributed by atoms with E-state index in [4.69, 9.17) is 11.6 Å². The quantitative estimate of drug-likeness (QED) is 0.266. The van der Waals surface area contributed by atoms with Gasteiger partial charge < -0.3 is 0 Å². The molecule has 2 heterocycles. The highest BCUT2D eigenvalue weighted by atomic mass is 35.5. The highest BCUT2D eigenvalue weighted by Crippen LogP contribution is 2.40. The molecular weight excluding hydrogens is 461 g/mol. The van der Waals surface area contributed by atoms with Crippen LogP contribution >= 0.6 is 23.4 Å². The molecule has 0 N–H and O–H groups in total. The monoisotopic (exact) mass is 470 g/mol. The minimum absolute atomic E-state index is 0.0415. The number of alkyl halides is 7. The fourth-order valence-corrected chi connectivity index (χ4v) is 3.44. The Balaban J connectivity index is 2.17. The van der Waals surface area contributed by atoms with Crippen LogP contribution in [-0.2, 0) is 6.18 Å². The molecule has 1 aromatic carbocycles. The van der Waals surface area contributed by atoms with Gasteiger partial charge in [0.1, 0.15) is 17.2 Å². The van der Waals surface area contributed by atoms with Crippen LogP contribution in [0, 0.1) is 12.7 Å². The average molecular weight is 471 g/mol. The molecule has 4 nitrogen and oxygen atoms in total. The molecule has 0 aliphatic heterocycles. The molecule has 1 unspecified atom stereocenters. The minimum atomic E-state index is -4.94. The third-order valence-electron chi connectivity index (χ3n) is 3.72. The summed E-state index contributed by atoms with van der Waals surface area (Å²) >= 11 is 5.53. The van der Waals surface area contributed by atoms with Gasteiger partial charge in [-0.05, 0) is 36.8 Å². The van der Waals surface area contributed by atoms with Crippen LogP contribution in [0.4, 0.5) is 30.7 Å². The van der Waals surface area contributed by atoms with Gasteiger partial charge in [-0.1, -0.05) is 17.8 Å². The van der Waals surface area contributed by atoms with Gasteiger partial charge in [0.15, 0.2) is 10.5 Å². The van der Waals surface area contributed by atoms with E-state index in [1.54, 1.807) is 0 Å². The highest BCUT2D eigenvalue weighted by Gasteiger charge is 2.40. The molecule has 0 radical (unpaired) electrons. The van der Waals surface area contributed by atoms with E-state index >= 15 is 0 Å². The summed E-state index contributed by atoms with van der Waals surface area (Å²) in [5, 5.41) is 3.32. The first kappa shape index (κ1) is 22.3. The number of hydrogen-bond acceptors (Lipinski definition) is 4. The largest absolute Gasteiger partial charge is 0.453 e. The van der Waals surface area contributed by atoms with Crippen molar-refractivity contribution in [3.8, 4) is 17.2 Å². The molecule has 160 valence electrons. The maximum Gasteiger partial charge on any atom is 0.453 e. The van der Waals surface area contributed by atoms with Gasteiger partial charge in [0.2, 0.25) is 0 Å². The second kappa shape index (κ2) is 8.06. The SMILES string of the molecule is Cc1cc(F)c(-n2nc(C(F)(F)F)nc2-c2ccccn2)cc1SC(Cl)C(F)(F)F. The Kier molecular flexibility index (Phi) is 6.01. The van der Waals surface area contributed by atoms with E-state index < -0.39 is 40.2 Å². The molecule has 1 atom stereocenters. The Hall–Kier alpha value is -2.34. The summed E-state index contributed by atoms with van der Waals surface area (Å²) in [4.78, 5) is 7.22. The van der Waals surface area contributed by atoms with E-state index in [1.165, 1.54) is 31.3 Å². The lowest BCUT2D eigenvalue weighted by Crippen LogP contribution is -2.19. The molecule has 0 fully saturated rings.